The zero-order valence-electron chi connectivity index (χ0n) is 22.3. The number of aliphatic hydroxyl groups is 2. The second-order valence-corrected chi connectivity index (χ2v) is 10.9. The number of nitrogens with zero attached hydrogens (tertiary/aromatic N) is 2. The van der Waals surface area contributed by atoms with E-state index in [1.165, 1.54) is 24.0 Å². The van der Waals surface area contributed by atoms with Gasteiger partial charge in [0.25, 0.3) is 0 Å². The van der Waals surface area contributed by atoms with Gasteiger partial charge in [-0.25, -0.2) is 0 Å². The molecule has 0 radical (unpaired) electrons. The topological polar surface area (TPSA) is 65.4 Å². The van der Waals surface area contributed by atoms with Crippen LogP contribution in [-0.4, -0.2) is 84.7 Å². The molecule has 0 amide bonds. The molecule has 5 rings (SSSR count). The number of benzene rings is 2. The minimum absolute atomic E-state index is 0.289. The number of ether oxygens (including phenoxy) is 2. The maximum Gasteiger partial charge on any atom is 0.119 e. The SMILES string of the molecule is O[C@H](COc1ccc([C@H]2C=CCC2)cc1)CN1CCN(C[C@@H](O)COc2ccc([C@H]3C=CCC3)cc2)CC1. The van der Waals surface area contributed by atoms with Gasteiger partial charge in [0.1, 0.15) is 36.9 Å². The maximum atomic E-state index is 10.5. The molecule has 1 aliphatic heterocycles. The lowest BCUT2D eigenvalue weighted by Gasteiger charge is -2.36. The third kappa shape index (κ3) is 7.70. The second-order valence-electron chi connectivity index (χ2n) is 10.9. The molecular formula is C32H42N2O4. The highest BCUT2D eigenvalue weighted by Crippen LogP contribution is 2.30. The van der Waals surface area contributed by atoms with Gasteiger partial charge in [0.15, 0.2) is 0 Å². The summed E-state index contributed by atoms with van der Waals surface area (Å²) in [5, 5.41) is 21.0. The fourth-order valence-corrected chi connectivity index (χ4v) is 5.68. The van der Waals surface area contributed by atoms with E-state index >= 15 is 0 Å². The largest absolute Gasteiger partial charge is 0.491 e. The summed E-state index contributed by atoms with van der Waals surface area (Å²) in [6.07, 6.45) is 12.7. The summed E-state index contributed by atoms with van der Waals surface area (Å²) in [5.74, 6) is 2.66. The highest BCUT2D eigenvalue weighted by atomic mass is 16.5. The highest BCUT2D eigenvalue weighted by Gasteiger charge is 2.22. The summed E-state index contributed by atoms with van der Waals surface area (Å²) < 4.78 is 11.7. The Kier molecular flexibility index (Phi) is 9.52. The summed E-state index contributed by atoms with van der Waals surface area (Å²) >= 11 is 0. The number of rotatable bonds is 12. The molecule has 0 unspecified atom stereocenters. The molecule has 0 spiro atoms. The van der Waals surface area contributed by atoms with Gasteiger partial charge < -0.3 is 19.7 Å². The average molecular weight is 519 g/mol. The number of aliphatic hydroxyl groups excluding tert-OH is 2. The fourth-order valence-electron chi connectivity index (χ4n) is 5.68. The Bertz CT molecular complexity index is 959. The third-order valence-electron chi connectivity index (χ3n) is 7.93. The number of β-amino-alcohol motifs (C(OH)–C–C–N with tert-alkyl or cyclic N) is 2. The van der Waals surface area contributed by atoms with Gasteiger partial charge in [-0.15, -0.1) is 0 Å². The molecule has 38 heavy (non-hydrogen) atoms. The number of hydrogen-bond donors (Lipinski definition) is 2. The zero-order chi connectivity index (χ0) is 26.2. The van der Waals surface area contributed by atoms with Crippen molar-refractivity contribution in [1.29, 1.82) is 0 Å². The van der Waals surface area contributed by atoms with Crippen LogP contribution in [0, 0.1) is 0 Å². The second kappa shape index (κ2) is 13.4. The highest BCUT2D eigenvalue weighted by molar-refractivity contribution is 5.33. The van der Waals surface area contributed by atoms with E-state index in [0.717, 1.165) is 50.5 Å². The summed E-state index contributed by atoms with van der Waals surface area (Å²) in [7, 11) is 0. The van der Waals surface area contributed by atoms with Gasteiger partial charge in [-0.3, -0.25) is 9.80 Å². The standard InChI is InChI=1S/C32H42N2O4/c35-29(23-37-31-13-9-27(10-14-31)25-5-1-2-6-25)21-33-17-19-34(20-18-33)22-30(36)24-38-32-15-11-28(12-16-32)26-7-3-4-8-26/h1,3,5,7,9-16,25-26,29-30,35-36H,2,4,6,8,17-24H2/t25-,26-,29-,30+/m0/s1. The molecular weight excluding hydrogens is 476 g/mol. The van der Waals surface area contributed by atoms with Gasteiger partial charge in [0, 0.05) is 51.1 Å². The monoisotopic (exact) mass is 518 g/mol. The van der Waals surface area contributed by atoms with E-state index < -0.39 is 12.2 Å². The van der Waals surface area contributed by atoms with Crippen LogP contribution in [0.15, 0.2) is 72.8 Å². The van der Waals surface area contributed by atoms with Crippen LogP contribution < -0.4 is 9.47 Å². The van der Waals surface area contributed by atoms with Crippen LogP contribution in [0.4, 0.5) is 0 Å². The van der Waals surface area contributed by atoms with Crippen LogP contribution in [0.2, 0.25) is 0 Å². The van der Waals surface area contributed by atoms with Crippen molar-refractivity contribution in [3.05, 3.63) is 84.0 Å². The third-order valence-corrected chi connectivity index (χ3v) is 7.93. The molecule has 1 fully saturated rings. The van der Waals surface area contributed by atoms with E-state index in [-0.39, 0.29) is 13.2 Å². The quantitative estimate of drug-likeness (QED) is 0.408. The molecule has 2 aliphatic carbocycles. The molecule has 4 atom stereocenters. The first-order valence-corrected chi connectivity index (χ1v) is 14.2. The normalized spacial score (nSPS) is 23.5. The van der Waals surface area contributed by atoms with Gasteiger partial charge in [-0.1, -0.05) is 48.6 Å². The molecule has 2 aromatic rings. The number of piperazine rings is 1. The van der Waals surface area contributed by atoms with Gasteiger partial charge in [0.05, 0.1) is 0 Å². The minimum Gasteiger partial charge on any atom is -0.491 e. The predicted molar refractivity (Wildman–Crippen MR) is 151 cm³/mol. The van der Waals surface area contributed by atoms with Crippen molar-refractivity contribution in [1.82, 2.24) is 9.80 Å². The van der Waals surface area contributed by atoms with Crippen molar-refractivity contribution in [2.75, 3.05) is 52.5 Å². The maximum absolute atomic E-state index is 10.5. The first-order valence-electron chi connectivity index (χ1n) is 14.2. The summed E-state index contributed by atoms with van der Waals surface area (Å²) in [4.78, 5) is 4.54. The van der Waals surface area contributed by atoms with Crippen LogP contribution in [0.5, 0.6) is 11.5 Å². The number of hydrogen-bond acceptors (Lipinski definition) is 6. The van der Waals surface area contributed by atoms with E-state index in [2.05, 4.69) is 58.4 Å². The van der Waals surface area contributed by atoms with Crippen molar-refractivity contribution < 1.29 is 19.7 Å². The first-order chi connectivity index (χ1) is 18.6. The van der Waals surface area contributed by atoms with E-state index in [0.29, 0.717) is 24.9 Å². The molecule has 2 aromatic carbocycles. The van der Waals surface area contributed by atoms with Crippen LogP contribution in [0.1, 0.15) is 48.6 Å². The Balaban J connectivity index is 0.952. The molecule has 0 aromatic heterocycles. The fraction of sp³-hybridized carbons (Fsp3) is 0.500. The van der Waals surface area contributed by atoms with Crippen molar-refractivity contribution >= 4 is 0 Å². The Labute approximate surface area is 227 Å². The van der Waals surface area contributed by atoms with Crippen molar-refractivity contribution in [2.24, 2.45) is 0 Å². The van der Waals surface area contributed by atoms with E-state index in [4.69, 9.17) is 9.47 Å². The van der Waals surface area contributed by atoms with Gasteiger partial charge in [-0.05, 0) is 61.1 Å². The Morgan fingerprint density at radius 2 is 1.03 bits per heavy atom. The lowest BCUT2D eigenvalue weighted by Crippen LogP contribution is -2.51. The molecule has 6 heteroatoms. The predicted octanol–water partition coefficient (Wildman–Crippen LogP) is 4.35. The van der Waals surface area contributed by atoms with Crippen molar-refractivity contribution in [2.45, 2.75) is 49.7 Å². The molecule has 6 nitrogen and oxygen atoms in total. The van der Waals surface area contributed by atoms with E-state index in [1.807, 2.05) is 24.3 Å². The smallest absolute Gasteiger partial charge is 0.119 e. The lowest BCUT2D eigenvalue weighted by atomic mass is 9.99. The van der Waals surface area contributed by atoms with Crippen LogP contribution in [0.3, 0.4) is 0 Å². The molecule has 0 bridgehead atoms. The Morgan fingerprint density at radius 1 is 0.632 bits per heavy atom. The van der Waals surface area contributed by atoms with Crippen LogP contribution in [-0.2, 0) is 0 Å². The summed E-state index contributed by atoms with van der Waals surface area (Å²) in [5.41, 5.74) is 2.65. The average Bonchev–Trinajstić information content (AvgIpc) is 3.68. The Morgan fingerprint density at radius 3 is 1.37 bits per heavy atom. The van der Waals surface area contributed by atoms with Gasteiger partial charge >= 0.3 is 0 Å². The summed E-state index contributed by atoms with van der Waals surface area (Å²) in [6.45, 7) is 5.23. The Hall–Kier alpha value is -2.64. The van der Waals surface area contributed by atoms with Gasteiger partial charge in [-0.2, -0.15) is 0 Å². The molecule has 1 saturated heterocycles. The van der Waals surface area contributed by atoms with Crippen LogP contribution >= 0.6 is 0 Å². The number of allylic oxidation sites excluding steroid dienone is 4. The molecule has 1 heterocycles. The molecule has 0 saturated carbocycles. The first kappa shape index (κ1) is 26.9. The zero-order valence-corrected chi connectivity index (χ0v) is 22.3. The van der Waals surface area contributed by atoms with Crippen molar-refractivity contribution in [3.8, 4) is 11.5 Å². The summed E-state index contributed by atoms with van der Waals surface area (Å²) in [6, 6.07) is 16.5. The minimum atomic E-state index is -0.533. The molecule has 2 N–H and O–H groups in total. The van der Waals surface area contributed by atoms with Gasteiger partial charge in [0.2, 0.25) is 0 Å². The molecule has 3 aliphatic rings. The molecule has 204 valence electrons. The van der Waals surface area contributed by atoms with E-state index in [1.54, 1.807) is 0 Å². The van der Waals surface area contributed by atoms with E-state index in [9.17, 15) is 10.2 Å². The van der Waals surface area contributed by atoms with Crippen molar-refractivity contribution in [3.63, 3.8) is 0 Å². The van der Waals surface area contributed by atoms with Crippen LogP contribution in [0.25, 0.3) is 0 Å². The lowest BCUT2D eigenvalue weighted by molar-refractivity contribution is 0.0240.